The maximum absolute atomic E-state index is 10.1. The minimum Gasteiger partial charge on any atom is -0.376 e. The third-order valence-electron chi connectivity index (χ3n) is 1.17. The Hall–Kier alpha value is -1.07. The molecule has 1 aromatic rings. The van der Waals surface area contributed by atoms with Crippen molar-refractivity contribution in [2.24, 2.45) is 0 Å². The van der Waals surface area contributed by atoms with Gasteiger partial charge in [0.15, 0.2) is 0 Å². The molecule has 6 heteroatoms. The number of carbonyl (C=O) groups excluding carboxylic acids is 2. The van der Waals surface area contributed by atoms with Crippen molar-refractivity contribution in [2.75, 3.05) is 0 Å². The van der Waals surface area contributed by atoms with Gasteiger partial charge in [0.1, 0.15) is 0 Å². The quantitative estimate of drug-likeness (QED) is 0.470. The van der Waals surface area contributed by atoms with E-state index in [1.807, 2.05) is 0 Å². The standard InChI is InChI=1S/C7H4NO3.C3H5O.Y/c9-5-6-2-1-3-7(4-6)8(10)11;1-3(2)4;/h1-4H;1H2,2H3;/q2*-1;+3. The van der Waals surface area contributed by atoms with E-state index in [1.54, 1.807) is 6.29 Å². The second-order valence-corrected chi connectivity index (χ2v) is 2.61. The Kier molecular flexibility index (Phi) is 9.95. The molecule has 1 aromatic carbocycles. The molecule has 0 aromatic heterocycles. The SMILES string of the molecule is O=[C-]c1cccc([N+](=O)[O-])c1.[CH2-]C(C)=O.[Y+3]. The molecular formula is C10H9NO4Y+. The number of nitro benzene ring substituents is 1. The molecular weight excluding hydrogens is 287 g/mol. The Labute approximate surface area is 118 Å². The van der Waals surface area contributed by atoms with Crippen LogP contribution in [-0.4, -0.2) is 17.0 Å². The van der Waals surface area contributed by atoms with Crippen molar-refractivity contribution in [2.45, 2.75) is 6.92 Å². The van der Waals surface area contributed by atoms with Gasteiger partial charge >= 0.3 is 32.7 Å². The predicted octanol–water partition coefficient (Wildman–Crippen LogP) is 1.46. The van der Waals surface area contributed by atoms with E-state index in [0.717, 1.165) is 0 Å². The van der Waals surface area contributed by atoms with Gasteiger partial charge in [-0.2, -0.15) is 6.07 Å². The largest absolute Gasteiger partial charge is 3.00 e. The molecule has 0 aliphatic carbocycles. The van der Waals surface area contributed by atoms with Crippen LogP contribution in [0.5, 0.6) is 0 Å². The predicted molar refractivity (Wildman–Crippen MR) is 53.9 cm³/mol. The first-order chi connectivity index (χ1) is 6.97. The molecule has 0 saturated heterocycles. The topological polar surface area (TPSA) is 77.3 Å². The molecule has 16 heavy (non-hydrogen) atoms. The minimum atomic E-state index is -0.555. The van der Waals surface area contributed by atoms with Crippen LogP contribution < -0.4 is 0 Å². The number of non-ortho nitro benzene ring substituents is 1. The number of rotatable bonds is 2. The third kappa shape index (κ3) is 8.26. The Balaban J connectivity index is 0. The first-order valence-corrected chi connectivity index (χ1v) is 3.92. The van der Waals surface area contributed by atoms with Crippen molar-refractivity contribution in [3.8, 4) is 0 Å². The van der Waals surface area contributed by atoms with Gasteiger partial charge in [-0.1, -0.05) is 6.07 Å². The van der Waals surface area contributed by atoms with Crippen molar-refractivity contribution < 1.29 is 47.2 Å². The molecule has 0 atom stereocenters. The van der Waals surface area contributed by atoms with Crippen molar-refractivity contribution >= 4 is 17.8 Å². The Morgan fingerprint density at radius 1 is 1.50 bits per heavy atom. The molecule has 0 aliphatic heterocycles. The van der Waals surface area contributed by atoms with Gasteiger partial charge in [0.05, 0.1) is 6.29 Å². The van der Waals surface area contributed by atoms with Gasteiger partial charge in [-0.25, -0.2) is 0 Å². The van der Waals surface area contributed by atoms with E-state index in [1.165, 1.54) is 31.2 Å². The molecule has 0 N–H and O–H groups in total. The Bertz CT molecular complexity index is 375. The van der Waals surface area contributed by atoms with Gasteiger partial charge in [-0.05, 0) is 18.8 Å². The number of hydrogen-bond acceptors (Lipinski definition) is 4. The number of Topliss-reactive ketones (excluding diaryl/α,β-unsaturated/α-hetero) is 1. The summed E-state index contributed by atoms with van der Waals surface area (Å²) in [5.41, 5.74) is 0.102. The fourth-order valence-corrected chi connectivity index (χ4v) is 0.683. The fraction of sp³-hybridized carbons (Fsp3) is 0.100. The minimum absolute atomic E-state index is 0. The van der Waals surface area contributed by atoms with E-state index < -0.39 is 4.92 Å². The summed E-state index contributed by atoms with van der Waals surface area (Å²) in [7, 11) is 0. The summed E-state index contributed by atoms with van der Waals surface area (Å²) in [5.74, 6) is -0.0833. The van der Waals surface area contributed by atoms with E-state index in [9.17, 15) is 19.7 Å². The molecule has 0 fully saturated rings. The molecule has 0 amide bonds. The molecule has 0 saturated carbocycles. The summed E-state index contributed by atoms with van der Waals surface area (Å²) in [4.78, 5) is 29.0. The molecule has 0 spiro atoms. The molecule has 0 radical (unpaired) electrons. The van der Waals surface area contributed by atoms with Crippen LogP contribution in [0.2, 0.25) is 0 Å². The van der Waals surface area contributed by atoms with E-state index >= 15 is 0 Å². The maximum Gasteiger partial charge on any atom is 3.00 e. The van der Waals surface area contributed by atoms with Crippen molar-refractivity contribution in [3.05, 3.63) is 46.9 Å². The zero-order valence-electron chi connectivity index (χ0n) is 8.67. The number of ketones is 1. The van der Waals surface area contributed by atoms with Gasteiger partial charge < -0.3 is 16.5 Å². The van der Waals surface area contributed by atoms with Gasteiger partial charge in [-0.3, -0.25) is 10.1 Å². The summed E-state index contributed by atoms with van der Waals surface area (Å²) < 4.78 is 0. The smallest absolute Gasteiger partial charge is 0.376 e. The van der Waals surface area contributed by atoms with E-state index in [-0.39, 0.29) is 49.7 Å². The van der Waals surface area contributed by atoms with Crippen molar-refractivity contribution in [1.82, 2.24) is 0 Å². The summed E-state index contributed by atoms with van der Waals surface area (Å²) in [5, 5.41) is 10.1. The molecule has 5 nitrogen and oxygen atoms in total. The second kappa shape index (κ2) is 9.18. The monoisotopic (exact) mass is 296 g/mol. The summed E-state index contributed by atoms with van der Waals surface area (Å²) in [6.07, 6.45) is 1.57. The van der Waals surface area contributed by atoms with Crippen LogP contribution in [0.3, 0.4) is 0 Å². The zero-order chi connectivity index (χ0) is 11.8. The van der Waals surface area contributed by atoms with Crippen LogP contribution in [-0.2, 0) is 42.3 Å². The normalized spacial score (nSPS) is 7.81. The number of nitro groups is 1. The molecule has 0 aliphatic rings. The van der Waals surface area contributed by atoms with Gasteiger partial charge in [0.2, 0.25) is 5.69 Å². The van der Waals surface area contributed by atoms with E-state index in [0.29, 0.717) is 0 Å². The maximum atomic E-state index is 10.1. The fourth-order valence-electron chi connectivity index (χ4n) is 0.683. The first kappa shape index (κ1) is 17.3. The third-order valence-corrected chi connectivity index (χ3v) is 1.17. The van der Waals surface area contributed by atoms with Crippen molar-refractivity contribution in [3.63, 3.8) is 0 Å². The summed E-state index contributed by atoms with van der Waals surface area (Å²) >= 11 is 0. The van der Waals surface area contributed by atoms with E-state index in [4.69, 9.17) is 0 Å². The Morgan fingerprint density at radius 2 is 2.00 bits per heavy atom. The summed E-state index contributed by atoms with van der Waals surface area (Å²) in [6, 6.07) is 5.40. The Morgan fingerprint density at radius 3 is 2.38 bits per heavy atom. The zero-order valence-corrected chi connectivity index (χ0v) is 11.5. The molecule has 80 valence electrons. The number of carbonyl (C=O) groups is 1. The van der Waals surface area contributed by atoms with Crippen LogP contribution in [0.25, 0.3) is 0 Å². The van der Waals surface area contributed by atoms with Gasteiger partial charge in [-0.15, -0.1) is 11.6 Å². The first-order valence-electron chi connectivity index (χ1n) is 3.92. The van der Waals surface area contributed by atoms with Crippen LogP contribution in [0.15, 0.2) is 24.3 Å². The number of hydrogen-bond donors (Lipinski definition) is 0. The summed E-state index contributed by atoms with van der Waals surface area (Å²) in [6.45, 7) is 4.42. The second-order valence-electron chi connectivity index (χ2n) is 2.61. The van der Waals surface area contributed by atoms with Gasteiger partial charge in [0.25, 0.3) is 0 Å². The molecule has 1 rings (SSSR count). The average molecular weight is 296 g/mol. The van der Waals surface area contributed by atoms with Crippen LogP contribution in [0.4, 0.5) is 5.69 Å². The molecule has 0 heterocycles. The molecule has 0 unspecified atom stereocenters. The average Bonchev–Trinajstić information content (AvgIpc) is 2.17. The van der Waals surface area contributed by atoms with Crippen LogP contribution in [0.1, 0.15) is 12.5 Å². The van der Waals surface area contributed by atoms with E-state index in [2.05, 4.69) is 6.92 Å². The van der Waals surface area contributed by atoms with Crippen LogP contribution >= 0.6 is 0 Å². The molecule has 0 bridgehead atoms. The van der Waals surface area contributed by atoms with Gasteiger partial charge in [0, 0.05) is 4.92 Å². The number of nitrogens with zero attached hydrogens (tertiary/aromatic N) is 1. The van der Waals surface area contributed by atoms with Crippen molar-refractivity contribution in [1.29, 1.82) is 0 Å². The number of benzene rings is 1. The van der Waals surface area contributed by atoms with Crippen LogP contribution in [0, 0.1) is 17.0 Å².